The van der Waals surface area contributed by atoms with Gasteiger partial charge in [0.1, 0.15) is 0 Å². The average Bonchev–Trinajstić information content (AvgIpc) is 3.56. The van der Waals surface area contributed by atoms with Gasteiger partial charge in [-0.05, 0) is 99.4 Å². The molecule has 0 aliphatic carbocycles. The zero-order valence-electron chi connectivity index (χ0n) is 30.1. The Hall–Kier alpha value is -6.42. The molecule has 0 N–H and O–H groups in total. The summed E-state index contributed by atoms with van der Waals surface area (Å²) < 4.78 is 2.64. The third-order valence-corrected chi connectivity index (χ3v) is 12.7. The van der Waals surface area contributed by atoms with E-state index >= 15 is 0 Å². The topological polar surface area (TPSA) is 6.48 Å². The second-order valence-corrected chi connectivity index (χ2v) is 16.1. The first kappa shape index (κ1) is 31.1. The van der Waals surface area contributed by atoms with Crippen LogP contribution in [0.15, 0.2) is 182 Å². The van der Waals surface area contributed by atoms with Gasteiger partial charge in [0, 0.05) is 47.7 Å². The second kappa shape index (κ2) is 11.8. The first-order valence-electron chi connectivity index (χ1n) is 18.7. The molecule has 0 atom stereocenters. The van der Waals surface area contributed by atoms with Gasteiger partial charge < -0.3 is 9.80 Å². The number of nitrogens with zero attached hydrogens (tertiary/aromatic N) is 2. The lowest BCUT2D eigenvalue weighted by Crippen LogP contribution is -2.30. The van der Waals surface area contributed by atoms with Crippen molar-refractivity contribution in [2.45, 2.75) is 19.3 Å². The molecule has 2 nitrogen and oxygen atoms in total. The molecule has 2 heterocycles. The highest BCUT2D eigenvalue weighted by Gasteiger charge is 2.38. The molecule has 54 heavy (non-hydrogen) atoms. The molecule has 0 bridgehead atoms. The van der Waals surface area contributed by atoms with E-state index in [0.717, 1.165) is 17.1 Å². The smallest absolute Gasteiger partial charge is 0.0541 e. The zero-order chi connectivity index (χ0) is 36.0. The van der Waals surface area contributed by atoms with Gasteiger partial charge in [-0.25, -0.2) is 0 Å². The molecular formula is C51H36N2S. The minimum atomic E-state index is -0.197. The summed E-state index contributed by atoms with van der Waals surface area (Å²) >= 11 is 1.90. The van der Waals surface area contributed by atoms with Crippen molar-refractivity contribution in [3.63, 3.8) is 0 Å². The quantitative estimate of drug-likeness (QED) is 0.180. The molecule has 11 rings (SSSR count). The molecule has 0 amide bonds. The summed E-state index contributed by atoms with van der Waals surface area (Å²) in [5.74, 6) is 0. The Morgan fingerprint density at radius 2 is 1.04 bits per heavy atom. The van der Waals surface area contributed by atoms with E-state index in [1.807, 2.05) is 11.3 Å². The van der Waals surface area contributed by atoms with Crippen LogP contribution in [0.3, 0.4) is 0 Å². The minimum Gasteiger partial charge on any atom is -0.310 e. The first-order valence-corrected chi connectivity index (χ1v) is 19.5. The molecule has 0 spiro atoms. The number of hydrogen-bond acceptors (Lipinski definition) is 3. The van der Waals surface area contributed by atoms with Crippen LogP contribution in [-0.4, -0.2) is 0 Å². The Labute approximate surface area is 318 Å². The Bertz CT molecular complexity index is 3100. The van der Waals surface area contributed by atoms with Crippen molar-refractivity contribution >= 4 is 98.0 Å². The number of anilines is 6. The SMILES string of the molecule is CC1(C)c2ccccc2N(c2cccc3c(N(c4ccccc4)c4ccc5ccccc5c4)cccc23)c2cc3sc4cc5ccccc5cc4c3cc21. The lowest BCUT2D eigenvalue weighted by Gasteiger charge is -2.42. The summed E-state index contributed by atoms with van der Waals surface area (Å²) in [6.45, 7) is 4.78. The molecule has 0 fully saturated rings. The minimum absolute atomic E-state index is 0.197. The fourth-order valence-corrected chi connectivity index (χ4v) is 10.1. The van der Waals surface area contributed by atoms with Gasteiger partial charge in [0.25, 0.3) is 0 Å². The van der Waals surface area contributed by atoms with Gasteiger partial charge >= 0.3 is 0 Å². The van der Waals surface area contributed by atoms with Gasteiger partial charge in [0.15, 0.2) is 0 Å². The van der Waals surface area contributed by atoms with Crippen molar-refractivity contribution in [1.82, 2.24) is 0 Å². The summed E-state index contributed by atoms with van der Waals surface area (Å²) in [6.07, 6.45) is 0. The molecule has 1 aliphatic rings. The maximum atomic E-state index is 2.53. The summed E-state index contributed by atoms with van der Waals surface area (Å²) in [5.41, 5.74) is 9.54. The number of thiophene rings is 1. The zero-order valence-corrected chi connectivity index (χ0v) is 30.9. The summed E-state index contributed by atoms with van der Waals surface area (Å²) in [5, 5.41) is 10.1. The molecule has 9 aromatic carbocycles. The van der Waals surface area contributed by atoms with E-state index in [4.69, 9.17) is 0 Å². The highest BCUT2D eigenvalue weighted by molar-refractivity contribution is 7.26. The van der Waals surface area contributed by atoms with E-state index in [1.165, 1.54) is 80.7 Å². The van der Waals surface area contributed by atoms with Crippen LogP contribution in [0.25, 0.3) is 52.5 Å². The molecule has 0 radical (unpaired) electrons. The van der Waals surface area contributed by atoms with E-state index in [9.17, 15) is 0 Å². The fraction of sp³-hybridized carbons (Fsp3) is 0.0588. The fourth-order valence-electron chi connectivity index (χ4n) is 8.90. The molecule has 1 aromatic heterocycles. The van der Waals surface area contributed by atoms with E-state index in [1.54, 1.807) is 0 Å². The van der Waals surface area contributed by atoms with E-state index < -0.39 is 0 Å². The van der Waals surface area contributed by atoms with Crippen LogP contribution in [0.4, 0.5) is 34.1 Å². The highest BCUT2D eigenvalue weighted by Crippen LogP contribution is 2.55. The Balaban J connectivity index is 1.16. The summed E-state index contributed by atoms with van der Waals surface area (Å²) in [4.78, 5) is 4.94. The van der Waals surface area contributed by atoms with Crippen molar-refractivity contribution in [2.24, 2.45) is 0 Å². The number of para-hydroxylation sites is 2. The number of rotatable bonds is 4. The third-order valence-electron chi connectivity index (χ3n) is 11.6. The normalized spacial score (nSPS) is 13.5. The molecular weight excluding hydrogens is 673 g/mol. The maximum absolute atomic E-state index is 2.53. The van der Waals surface area contributed by atoms with Crippen LogP contribution in [0.2, 0.25) is 0 Å². The summed E-state index contributed by atoms with van der Waals surface area (Å²) in [7, 11) is 0. The summed E-state index contributed by atoms with van der Waals surface area (Å²) in [6, 6.07) is 67.2. The Morgan fingerprint density at radius 3 is 1.87 bits per heavy atom. The molecule has 10 aromatic rings. The Kier molecular flexibility index (Phi) is 6.80. The largest absolute Gasteiger partial charge is 0.310 e. The van der Waals surface area contributed by atoms with Crippen LogP contribution in [-0.2, 0) is 5.41 Å². The maximum Gasteiger partial charge on any atom is 0.0541 e. The van der Waals surface area contributed by atoms with E-state index in [-0.39, 0.29) is 5.41 Å². The second-order valence-electron chi connectivity index (χ2n) is 15.0. The van der Waals surface area contributed by atoms with Crippen molar-refractivity contribution in [1.29, 1.82) is 0 Å². The molecule has 3 heteroatoms. The van der Waals surface area contributed by atoms with Gasteiger partial charge in [-0.2, -0.15) is 0 Å². The van der Waals surface area contributed by atoms with E-state index in [2.05, 4.69) is 206 Å². The van der Waals surface area contributed by atoms with Crippen LogP contribution < -0.4 is 9.80 Å². The van der Waals surface area contributed by atoms with Crippen molar-refractivity contribution in [3.8, 4) is 0 Å². The van der Waals surface area contributed by atoms with Crippen molar-refractivity contribution in [3.05, 3.63) is 193 Å². The van der Waals surface area contributed by atoms with E-state index in [0.29, 0.717) is 0 Å². The number of benzene rings is 9. The van der Waals surface area contributed by atoms with Gasteiger partial charge in [-0.15, -0.1) is 11.3 Å². The number of hydrogen-bond donors (Lipinski definition) is 0. The predicted molar refractivity (Wildman–Crippen MR) is 233 cm³/mol. The molecule has 0 unspecified atom stereocenters. The monoisotopic (exact) mass is 708 g/mol. The lowest BCUT2D eigenvalue weighted by molar-refractivity contribution is 0.633. The molecule has 0 saturated heterocycles. The average molecular weight is 709 g/mol. The Morgan fingerprint density at radius 1 is 0.407 bits per heavy atom. The number of fused-ring (bicyclic) bond motifs is 8. The third kappa shape index (κ3) is 4.65. The molecule has 1 aliphatic heterocycles. The van der Waals surface area contributed by atoms with Gasteiger partial charge in [-0.3, -0.25) is 0 Å². The molecule has 0 saturated carbocycles. The standard InChI is InChI=1S/C51H36N2S/c1-51(2)43-22-10-11-23-47(43)53(48-32-50-42(31-44(48)51)41-29-35-16-8-9-17-36(35)30-49(41)54-50)46-25-13-20-39-40(46)21-12-24-45(39)52(37-18-4-3-5-19-37)38-27-26-33-14-6-7-15-34(33)28-38/h3-32H,1-2H3. The van der Waals surface area contributed by atoms with Crippen LogP contribution in [0.1, 0.15) is 25.0 Å². The van der Waals surface area contributed by atoms with Crippen LogP contribution >= 0.6 is 11.3 Å². The van der Waals surface area contributed by atoms with Gasteiger partial charge in [0.05, 0.1) is 22.7 Å². The van der Waals surface area contributed by atoms with Gasteiger partial charge in [0.2, 0.25) is 0 Å². The van der Waals surface area contributed by atoms with Crippen LogP contribution in [0, 0.1) is 0 Å². The first-order chi connectivity index (χ1) is 26.5. The predicted octanol–water partition coefficient (Wildman–Crippen LogP) is 15.1. The lowest BCUT2D eigenvalue weighted by atomic mass is 9.73. The van der Waals surface area contributed by atoms with Gasteiger partial charge in [-0.1, -0.05) is 129 Å². The van der Waals surface area contributed by atoms with Crippen molar-refractivity contribution in [2.75, 3.05) is 9.80 Å². The van der Waals surface area contributed by atoms with Crippen molar-refractivity contribution < 1.29 is 0 Å². The highest BCUT2D eigenvalue weighted by atomic mass is 32.1. The molecule has 256 valence electrons. The van der Waals surface area contributed by atoms with Crippen LogP contribution in [0.5, 0.6) is 0 Å².